The summed E-state index contributed by atoms with van der Waals surface area (Å²) in [6.45, 7) is 5.48. The second-order valence-electron chi connectivity index (χ2n) is 3.57. The molecular weight excluding hydrogens is 226 g/mol. The van der Waals surface area contributed by atoms with Gasteiger partial charge in [0.05, 0.1) is 5.92 Å². The van der Waals surface area contributed by atoms with E-state index in [-0.39, 0.29) is 10.8 Å². The lowest BCUT2D eigenvalue weighted by Crippen LogP contribution is -2.25. The van der Waals surface area contributed by atoms with Crippen LogP contribution in [0.2, 0.25) is 5.02 Å². The van der Waals surface area contributed by atoms with Crippen molar-refractivity contribution in [2.24, 2.45) is 0 Å². The number of nitro groups is 1. The average Bonchev–Trinajstić information content (AvgIpc) is 2.26. The van der Waals surface area contributed by atoms with Crippen molar-refractivity contribution >= 4 is 11.6 Å². The fourth-order valence-electron chi connectivity index (χ4n) is 1.73. The molecule has 0 N–H and O–H groups in total. The number of nitrogens with zero attached hydrogens (tertiary/aromatic N) is 1. The molecule has 1 aromatic rings. The molecule has 16 heavy (non-hydrogen) atoms. The van der Waals surface area contributed by atoms with E-state index in [9.17, 15) is 10.1 Å². The lowest BCUT2D eigenvalue weighted by molar-refractivity contribution is -0.525. The first-order valence-electron chi connectivity index (χ1n) is 5.11. The number of benzene rings is 1. The number of halogens is 1. The van der Waals surface area contributed by atoms with Crippen LogP contribution in [0.25, 0.3) is 0 Å². The van der Waals surface area contributed by atoms with Crippen molar-refractivity contribution in [3.8, 4) is 0 Å². The standard InChI is InChI=1S/C12H14ClNO2/c1-3-11(12(4-2)14(15)16)9-5-7-10(13)8-6-9/h3,5-8,11-12H,1,4H2,2H3/t11-,12-/m1/s1. The predicted molar refractivity (Wildman–Crippen MR) is 65.5 cm³/mol. The summed E-state index contributed by atoms with van der Waals surface area (Å²) in [5.41, 5.74) is 0.878. The fraction of sp³-hybridized carbons (Fsp3) is 0.333. The van der Waals surface area contributed by atoms with Gasteiger partial charge in [-0.05, 0) is 17.7 Å². The van der Waals surface area contributed by atoms with Gasteiger partial charge in [-0.3, -0.25) is 10.1 Å². The molecule has 0 unspecified atom stereocenters. The maximum absolute atomic E-state index is 10.9. The summed E-state index contributed by atoms with van der Waals surface area (Å²) in [6.07, 6.45) is 2.10. The molecule has 2 atom stereocenters. The molecule has 0 aliphatic rings. The molecule has 0 radical (unpaired) electrons. The zero-order valence-electron chi connectivity index (χ0n) is 9.10. The lowest BCUT2D eigenvalue weighted by atomic mass is 9.90. The van der Waals surface area contributed by atoms with E-state index in [4.69, 9.17) is 11.6 Å². The summed E-state index contributed by atoms with van der Waals surface area (Å²) >= 11 is 5.78. The van der Waals surface area contributed by atoms with E-state index in [0.717, 1.165) is 5.56 Å². The molecule has 0 saturated heterocycles. The monoisotopic (exact) mass is 239 g/mol. The van der Waals surface area contributed by atoms with Gasteiger partial charge in [0, 0.05) is 16.4 Å². The van der Waals surface area contributed by atoms with Gasteiger partial charge in [-0.2, -0.15) is 0 Å². The van der Waals surface area contributed by atoms with E-state index in [2.05, 4.69) is 6.58 Å². The zero-order valence-corrected chi connectivity index (χ0v) is 9.85. The molecule has 4 heteroatoms. The highest BCUT2D eigenvalue weighted by atomic mass is 35.5. The molecule has 0 saturated carbocycles. The third-order valence-corrected chi connectivity index (χ3v) is 2.86. The summed E-state index contributed by atoms with van der Waals surface area (Å²) in [7, 11) is 0. The Kier molecular flexibility index (Phi) is 4.50. The molecule has 0 aliphatic heterocycles. The summed E-state index contributed by atoms with van der Waals surface area (Å²) < 4.78 is 0. The van der Waals surface area contributed by atoms with E-state index >= 15 is 0 Å². The zero-order chi connectivity index (χ0) is 12.1. The molecular formula is C12H14ClNO2. The Morgan fingerprint density at radius 2 is 2.06 bits per heavy atom. The van der Waals surface area contributed by atoms with E-state index < -0.39 is 6.04 Å². The maximum Gasteiger partial charge on any atom is 0.223 e. The first kappa shape index (κ1) is 12.7. The maximum atomic E-state index is 10.9. The molecule has 86 valence electrons. The highest BCUT2D eigenvalue weighted by molar-refractivity contribution is 6.30. The van der Waals surface area contributed by atoms with Crippen LogP contribution in [0.1, 0.15) is 24.8 Å². The molecule has 0 aliphatic carbocycles. The van der Waals surface area contributed by atoms with Gasteiger partial charge in [0.2, 0.25) is 6.04 Å². The summed E-state index contributed by atoms with van der Waals surface area (Å²) in [6, 6.07) is 6.46. The Morgan fingerprint density at radius 3 is 2.44 bits per heavy atom. The first-order valence-corrected chi connectivity index (χ1v) is 5.49. The highest BCUT2D eigenvalue weighted by Gasteiger charge is 2.28. The van der Waals surface area contributed by atoms with Gasteiger partial charge >= 0.3 is 0 Å². The molecule has 1 aromatic carbocycles. The van der Waals surface area contributed by atoms with Crippen molar-refractivity contribution < 1.29 is 4.92 Å². The fourth-order valence-corrected chi connectivity index (χ4v) is 1.86. The second kappa shape index (κ2) is 5.66. The largest absolute Gasteiger partial charge is 0.264 e. The summed E-state index contributed by atoms with van der Waals surface area (Å²) in [4.78, 5) is 10.7. The van der Waals surface area contributed by atoms with Crippen LogP contribution in [-0.4, -0.2) is 11.0 Å². The Balaban J connectivity index is 3.01. The molecule has 0 amide bonds. The predicted octanol–water partition coefficient (Wildman–Crippen LogP) is 3.66. The van der Waals surface area contributed by atoms with Crippen molar-refractivity contribution in [2.45, 2.75) is 25.3 Å². The summed E-state index contributed by atoms with van der Waals surface area (Å²) in [5.74, 6) is -0.266. The highest BCUT2D eigenvalue weighted by Crippen LogP contribution is 2.26. The average molecular weight is 240 g/mol. The van der Waals surface area contributed by atoms with E-state index in [1.54, 1.807) is 37.3 Å². The van der Waals surface area contributed by atoms with Gasteiger partial charge in [-0.1, -0.05) is 36.7 Å². The quantitative estimate of drug-likeness (QED) is 0.447. The normalized spacial score (nSPS) is 14.1. The van der Waals surface area contributed by atoms with Gasteiger partial charge < -0.3 is 0 Å². The van der Waals surface area contributed by atoms with Gasteiger partial charge in [0.1, 0.15) is 0 Å². The molecule has 0 spiro atoms. The van der Waals surface area contributed by atoms with Gasteiger partial charge in [0.15, 0.2) is 0 Å². The Labute approximate surface area is 99.9 Å². The molecule has 0 fully saturated rings. The van der Waals surface area contributed by atoms with Crippen LogP contribution < -0.4 is 0 Å². The molecule has 3 nitrogen and oxygen atoms in total. The first-order chi connectivity index (χ1) is 7.60. The minimum atomic E-state index is -0.626. The lowest BCUT2D eigenvalue weighted by Gasteiger charge is -2.16. The van der Waals surface area contributed by atoms with Crippen molar-refractivity contribution in [3.63, 3.8) is 0 Å². The van der Waals surface area contributed by atoms with Crippen molar-refractivity contribution in [1.82, 2.24) is 0 Å². The third kappa shape index (κ3) is 2.83. The molecule has 1 rings (SSSR count). The summed E-state index contributed by atoms with van der Waals surface area (Å²) in [5, 5.41) is 11.5. The van der Waals surface area contributed by atoms with Crippen LogP contribution >= 0.6 is 11.6 Å². The van der Waals surface area contributed by atoms with Crippen LogP contribution in [0.4, 0.5) is 0 Å². The minimum Gasteiger partial charge on any atom is -0.264 e. The van der Waals surface area contributed by atoms with Gasteiger partial charge in [-0.15, -0.1) is 6.58 Å². The van der Waals surface area contributed by atoms with E-state index in [0.29, 0.717) is 11.4 Å². The Morgan fingerprint density at radius 1 is 1.50 bits per heavy atom. The Hall–Kier alpha value is -1.35. The van der Waals surface area contributed by atoms with Crippen LogP contribution in [0.3, 0.4) is 0 Å². The van der Waals surface area contributed by atoms with Crippen LogP contribution in [0, 0.1) is 10.1 Å². The van der Waals surface area contributed by atoms with Crippen LogP contribution in [-0.2, 0) is 0 Å². The van der Waals surface area contributed by atoms with Crippen molar-refractivity contribution in [1.29, 1.82) is 0 Å². The topological polar surface area (TPSA) is 43.1 Å². The minimum absolute atomic E-state index is 0.249. The van der Waals surface area contributed by atoms with Crippen molar-refractivity contribution in [3.05, 3.63) is 57.6 Å². The molecule has 0 bridgehead atoms. The van der Waals surface area contributed by atoms with Crippen LogP contribution in [0.5, 0.6) is 0 Å². The van der Waals surface area contributed by atoms with Crippen LogP contribution in [0.15, 0.2) is 36.9 Å². The van der Waals surface area contributed by atoms with E-state index in [1.165, 1.54) is 0 Å². The van der Waals surface area contributed by atoms with Gasteiger partial charge in [0.25, 0.3) is 0 Å². The molecule has 0 aromatic heterocycles. The smallest absolute Gasteiger partial charge is 0.223 e. The number of rotatable bonds is 5. The second-order valence-corrected chi connectivity index (χ2v) is 4.01. The van der Waals surface area contributed by atoms with Crippen molar-refractivity contribution in [2.75, 3.05) is 0 Å². The number of hydrogen-bond donors (Lipinski definition) is 0. The SMILES string of the molecule is C=C[C@H](c1ccc(Cl)cc1)[C@@H](CC)[N+](=O)[O-]. The van der Waals surface area contributed by atoms with E-state index in [1.807, 2.05) is 0 Å². The molecule has 0 heterocycles. The number of hydrogen-bond acceptors (Lipinski definition) is 2. The van der Waals surface area contributed by atoms with Gasteiger partial charge in [-0.25, -0.2) is 0 Å². The Bertz CT molecular complexity index is 375. The third-order valence-electron chi connectivity index (χ3n) is 2.61.